The molecule has 0 saturated heterocycles. The third-order valence-electron chi connectivity index (χ3n) is 5.62. The molecule has 0 radical (unpaired) electrons. The molecule has 1 aliphatic heterocycles. The minimum Gasteiger partial charge on any atom is -0.316 e. The van der Waals surface area contributed by atoms with Crippen molar-refractivity contribution < 1.29 is 9.18 Å². The fraction of sp³-hybridized carbons (Fsp3) is 0.250. The lowest BCUT2D eigenvalue weighted by Crippen LogP contribution is -2.37. The zero-order valence-electron chi connectivity index (χ0n) is 17.6. The number of nitrogens with one attached hydrogen (secondary N) is 1. The number of nitriles is 1. The molecule has 2 heterocycles. The van der Waals surface area contributed by atoms with Gasteiger partial charge in [0.15, 0.2) is 0 Å². The predicted molar refractivity (Wildman–Crippen MR) is 127 cm³/mol. The summed E-state index contributed by atoms with van der Waals surface area (Å²) in [4.78, 5) is 16.9. The van der Waals surface area contributed by atoms with Gasteiger partial charge in [0.25, 0.3) is 0 Å². The van der Waals surface area contributed by atoms with E-state index in [1.165, 1.54) is 17.4 Å². The summed E-state index contributed by atoms with van der Waals surface area (Å²) in [6.07, 6.45) is 1.02. The van der Waals surface area contributed by atoms with E-state index >= 15 is 0 Å². The van der Waals surface area contributed by atoms with Crippen LogP contribution in [0.15, 0.2) is 53.4 Å². The maximum absolute atomic E-state index is 13.6. The number of hydrogen-bond acceptors (Lipinski definition) is 6. The van der Waals surface area contributed by atoms with Crippen LogP contribution in [0.25, 0.3) is 0 Å². The molecule has 164 valence electrons. The van der Waals surface area contributed by atoms with Crippen molar-refractivity contribution in [3.8, 4) is 6.07 Å². The minimum atomic E-state index is -0.248. The molecule has 5 nitrogen and oxygen atoms in total. The first-order valence-electron chi connectivity index (χ1n) is 10.3. The molecule has 3 aromatic rings. The first kappa shape index (κ1) is 22.5. The normalized spacial score (nSPS) is 15.8. The van der Waals surface area contributed by atoms with E-state index in [0.717, 1.165) is 44.8 Å². The van der Waals surface area contributed by atoms with Crippen LogP contribution in [-0.4, -0.2) is 16.8 Å². The highest BCUT2D eigenvalue weighted by Gasteiger charge is 2.29. The van der Waals surface area contributed by atoms with Crippen molar-refractivity contribution in [1.82, 2.24) is 4.90 Å². The van der Waals surface area contributed by atoms with Crippen molar-refractivity contribution in [1.29, 1.82) is 5.26 Å². The lowest BCUT2D eigenvalue weighted by Gasteiger charge is -2.33. The van der Waals surface area contributed by atoms with Gasteiger partial charge in [-0.15, -0.1) is 11.3 Å². The van der Waals surface area contributed by atoms with Crippen molar-refractivity contribution in [2.75, 3.05) is 5.32 Å². The summed E-state index contributed by atoms with van der Waals surface area (Å²) in [5, 5.41) is 18.9. The van der Waals surface area contributed by atoms with Crippen LogP contribution in [0.2, 0.25) is 0 Å². The van der Waals surface area contributed by atoms with Gasteiger partial charge < -0.3 is 5.32 Å². The van der Waals surface area contributed by atoms with Gasteiger partial charge in [-0.1, -0.05) is 24.3 Å². The smallest absolute Gasteiger partial charge is 0.229 e. The number of halogens is 1. The molecule has 3 N–H and O–H groups in total. The van der Waals surface area contributed by atoms with E-state index < -0.39 is 0 Å². The summed E-state index contributed by atoms with van der Waals surface area (Å²) in [7, 11) is 0. The minimum absolute atomic E-state index is 0.155. The summed E-state index contributed by atoms with van der Waals surface area (Å²) < 4.78 is 13.6. The number of fused-ring (bicyclic) bond motifs is 1. The maximum atomic E-state index is 13.6. The van der Waals surface area contributed by atoms with Crippen molar-refractivity contribution >= 4 is 34.2 Å². The Hall–Kier alpha value is -2.70. The van der Waals surface area contributed by atoms with Gasteiger partial charge in [-0.05, 0) is 60.7 Å². The standard InChI is InChI=1S/C24H23FN4OS2/c1-15-9-22-21(14-29(15)13-17-3-2-4-18(25)10-17)20(12-26)24(31-22)28-23(30)11-16-5-7-19(32-27)8-6-16/h2-8,10,15H,9,11,13-14,27H2,1H3,(H,28,30). The third-order valence-corrected chi connectivity index (χ3v) is 7.33. The number of amides is 1. The van der Waals surface area contributed by atoms with Crippen LogP contribution < -0.4 is 10.5 Å². The number of hydrogen-bond donors (Lipinski definition) is 2. The Morgan fingerprint density at radius 1 is 1.31 bits per heavy atom. The van der Waals surface area contributed by atoms with Gasteiger partial charge in [0.2, 0.25) is 5.91 Å². The highest BCUT2D eigenvalue weighted by Crippen LogP contribution is 2.38. The number of carbonyl (C=O) groups excluding carboxylic acids is 1. The van der Waals surface area contributed by atoms with Crippen LogP contribution in [0.3, 0.4) is 0 Å². The van der Waals surface area contributed by atoms with Crippen molar-refractivity contribution in [2.45, 2.75) is 43.8 Å². The molecule has 0 fully saturated rings. The fourth-order valence-electron chi connectivity index (χ4n) is 3.93. The molecular formula is C24H23FN4OS2. The quantitative estimate of drug-likeness (QED) is 0.508. The van der Waals surface area contributed by atoms with Crippen LogP contribution >= 0.6 is 23.3 Å². The Labute approximate surface area is 195 Å². The van der Waals surface area contributed by atoms with E-state index in [1.54, 1.807) is 12.1 Å². The zero-order valence-corrected chi connectivity index (χ0v) is 19.2. The van der Waals surface area contributed by atoms with Crippen molar-refractivity contribution in [3.63, 3.8) is 0 Å². The molecule has 0 spiro atoms. The molecule has 0 aliphatic carbocycles. The van der Waals surface area contributed by atoms with Crippen LogP contribution in [0, 0.1) is 17.1 Å². The highest BCUT2D eigenvalue weighted by atomic mass is 32.2. The molecule has 1 aliphatic rings. The average Bonchev–Trinajstić information content (AvgIpc) is 3.10. The first-order chi connectivity index (χ1) is 15.5. The Morgan fingerprint density at radius 3 is 2.78 bits per heavy atom. The van der Waals surface area contributed by atoms with Crippen molar-refractivity contribution in [2.24, 2.45) is 5.14 Å². The van der Waals surface area contributed by atoms with Gasteiger partial charge in [-0.2, -0.15) is 5.26 Å². The number of anilines is 1. The van der Waals surface area contributed by atoms with Gasteiger partial charge in [0.1, 0.15) is 16.9 Å². The van der Waals surface area contributed by atoms with E-state index in [1.807, 2.05) is 30.3 Å². The molecule has 1 aromatic heterocycles. The number of rotatable bonds is 6. The summed E-state index contributed by atoms with van der Waals surface area (Å²) in [6, 6.07) is 16.7. The van der Waals surface area contributed by atoms with Crippen LogP contribution in [-0.2, 0) is 30.7 Å². The molecule has 0 saturated carbocycles. The first-order valence-corrected chi connectivity index (χ1v) is 11.9. The molecule has 4 rings (SSSR count). The van der Waals surface area contributed by atoms with Crippen LogP contribution in [0.1, 0.15) is 34.1 Å². The number of thiophene rings is 1. The summed E-state index contributed by atoms with van der Waals surface area (Å²) >= 11 is 2.65. The third kappa shape index (κ3) is 5.03. The van der Waals surface area contributed by atoms with E-state index in [0.29, 0.717) is 23.7 Å². The maximum Gasteiger partial charge on any atom is 0.229 e. The van der Waals surface area contributed by atoms with Gasteiger partial charge in [-0.3, -0.25) is 14.8 Å². The van der Waals surface area contributed by atoms with E-state index in [4.69, 9.17) is 5.14 Å². The van der Waals surface area contributed by atoms with Gasteiger partial charge in [-0.25, -0.2) is 4.39 Å². The van der Waals surface area contributed by atoms with Gasteiger partial charge >= 0.3 is 0 Å². The number of nitrogens with two attached hydrogens (primary N) is 1. The highest BCUT2D eigenvalue weighted by molar-refractivity contribution is 7.97. The SMILES string of the molecule is CC1Cc2sc(NC(=O)Cc3ccc(SN)cc3)c(C#N)c2CN1Cc1cccc(F)c1. The molecule has 32 heavy (non-hydrogen) atoms. The second-order valence-electron chi connectivity index (χ2n) is 7.89. The average molecular weight is 467 g/mol. The predicted octanol–water partition coefficient (Wildman–Crippen LogP) is 4.85. The summed E-state index contributed by atoms with van der Waals surface area (Å²) in [5.41, 5.74) is 3.28. The molecule has 1 atom stereocenters. The van der Waals surface area contributed by atoms with Crippen LogP contribution in [0.4, 0.5) is 9.39 Å². The molecular weight excluding hydrogens is 443 g/mol. The van der Waals surface area contributed by atoms with Crippen LogP contribution in [0.5, 0.6) is 0 Å². The van der Waals surface area contributed by atoms with E-state index in [9.17, 15) is 14.4 Å². The Kier molecular flexibility index (Phi) is 6.92. The van der Waals surface area contributed by atoms with E-state index in [2.05, 4.69) is 23.2 Å². The Morgan fingerprint density at radius 2 is 2.09 bits per heavy atom. The topological polar surface area (TPSA) is 82.1 Å². The lowest BCUT2D eigenvalue weighted by molar-refractivity contribution is -0.115. The zero-order chi connectivity index (χ0) is 22.7. The van der Waals surface area contributed by atoms with Crippen molar-refractivity contribution in [3.05, 3.63) is 81.5 Å². The van der Waals surface area contributed by atoms with Gasteiger partial charge in [0.05, 0.1) is 12.0 Å². The molecule has 1 amide bonds. The Bertz CT molecular complexity index is 1170. The largest absolute Gasteiger partial charge is 0.316 e. The second-order valence-corrected chi connectivity index (χ2v) is 9.71. The summed E-state index contributed by atoms with van der Waals surface area (Å²) in [6.45, 7) is 3.34. The lowest BCUT2D eigenvalue weighted by atomic mass is 9.99. The number of benzene rings is 2. The molecule has 0 bridgehead atoms. The second kappa shape index (κ2) is 9.84. The molecule has 8 heteroatoms. The Balaban J connectivity index is 1.49. The molecule has 1 unspecified atom stereocenters. The fourth-order valence-corrected chi connectivity index (χ4v) is 5.52. The van der Waals surface area contributed by atoms with Gasteiger partial charge in [0, 0.05) is 34.5 Å². The monoisotopic (exact) mass is 466 g/mol. The molecule has 2 aromatic carbocycles. The number of carbonyl (C=O) groups is 1. The number of nitrogens with zero attached hydrogens (tertiary/aromatic N) is 2. The summed E-state index contributed by atoms with van der Waals surface area (Å²) in [5.74, 6) is -0.402. The van der Waals surface area contributed by atoms with E-state index in [-0.39, 0.29) is 24.2 Å².